The molecule has 2 aromatic rings. The van der Waals surface area contributed by atoms with E-state index < -0.39 is 11.1 Å². The van der Waals surface area contributed by atoms with Crippen LogP contribution in [0.1, 0.15) is 15.9 Å². The van der Waals surface area contributed by atoms with Crippen LogP contribution in [0.25, 0.3) is 6.08 Å². The Morgan fingerprint density at radius 3 is 2.59 bits per heavy atom. The molecule has 3 amide bonds. The van der Waals surface area contributed by atoms with Gasteiger partial charge >= 0.3 is 0 Å². The van der Waals surface area contributed by atoms with Crippen molar-refractivity contribution in [1.29, 1.82) is 0 Å². The third-order valence-corrected chi connectivity index (χ3v) is 5.19. The smallest absolute Gasteiger partial charge is 0.293 e. The average Bonchev–Trinajstić information content (AvgIpc) is 2.97. The van der Waals surface area contributed by atoms with Gasteiger partial charge in [-0.1, -0.05) is 18.2 Å². The number of nitrogens with one attached hydrogen (secondary N) is 1. The number of imide groups is 1. The van der Waals surface area contributed by atoms with E-state index in [1.54, 1.807) is 24.3 Å². The molecule has 0 radical (unpaired) electrons. The lowest BCUT2D eigenvalue weighted by molar-refractivity contribution is -0.122. The molecule has 2 aromatic carbocycles. The van der Waals surface area contributed by atoms with Crippen molar-refractivity contribution < 1.29 is 18.8 Å². The SMILES string of the molecule is CN(C)c1cccc(C(=O)NCCN2C(=O)S/C(=C/c3ccc(F)cc3)C2=O)c1. The van der Waals surface area contributed by atoms with Crippen LogP contribution in [0.3, 0.4) is 0 Å². The summed E-state index contributed by atoms with van der Waals surface area (Å²) in [4.78, 5) is 40.2. The Morgan fingerprint density at radius 1 is 1.17 bits per heavy atom. The fourth-order valence-electron chi connectivity index (χ4n) is 2.71. The van der Waals surface area contributed by atoms with Crippen LogP contribution in [0.2, 0.25) is 0 Å². The maximum atomic E-state index is 13.0. The number of carbonyl (C=O) groups is 3. The number of hydrogen-bond donors (Lipinski definition) is 1. The van der Waals surface area contributed by atoms with Gasteiger partial charge in [-0.15, -0.1) is 0 Å². The number of benzene rings is 2. The topological polar surface area (TPSA) is 69.7 Å². The number of amides is 3. The number of nitrogens with zero attached hydrogens (tertiary/aromatic N) is 2. The average molecular weight is 413 g/mol. The molecular weight excluding hydrogens is 393 g/mol. The Kier molecular flexibility index (Phi) is 6.33. The first-order valence-electron chi connectivity index (χ1n) is 8.91. The second-order valence-corrected chi connectivity index (χ2v) is 7.58. The first-order valence-corrected chi connectivity index (χ1v) is 9.73. The lowest BCUT2D eigenvalue weighted by Gasteiger charge is -2.15. The van der Waals surface area contributed by atoms with Gasteiger partial charge in [0, 0.05) is 38.4 Å². The molecule has 0 aliphatic carbocycles. The highest BCUT2D eigenvalue weighted by Gasteiger charge is 2.34. The molecule has 3 rings (SSSR count). The van der Waals surface area contributed by atoms with Gasteiger partial charge in [0.1, 0.15) is 5.82 Å². The van der Waals surface area contributed by atoms with Crippen molar-refractivity contribution in [2.75, 3.05) is 32.1 Å². The van der Waals surface area contributed by atoms with Crippen molar-refractivity contribution in [3.8, 4) is 0 Å². The molecule has 0 bridgehead atoms. The fourth-order valence-corrected chi connectivity index (χ4v) is 3.58. The zero-order valence-corrected chi connectivity index (χ0v) is 16.8. The molecule has 1 fully saturated rings. The van der Waals surface area contributed by atoms with Crippen LogP contribution in [-0.4, -0.2) is 49.1 Å². The van der Waals surface area contributed by atoms with Crippen molar-refractivity contribution in [3.63, 3.8) is 0 Å². The summed E-state index contributed by atoms with van der Waals surface area (Å²) < 4.78 is 13.0. The van der Waals surface area contributed by atoms with Crippen molar-refractivity contribution in [2.24, 2.45) is 0 Å². The van der Waals surface area contributed by atoms with E-state index in [4.69, 9.17) is 0 Å². The second kappa shape index (κ2) is 8.91. The number of halogens is 1. The zero-order valence-electron chi connectivity index (χ0n) is 16.0. The number of thioether (sulfide) groups is 1. The van der Waals surface area contributed by atoms with Gasteiger partial charge < -0.3 is 10.2 Å². The van der Waals surface area contributed by atoms with Gasteiger partial charge in [0.25, 0.3) is 17.1 Å². The van der Waals surface area contributed by atoms with E-state index in [0.29, 0.717) is 11.1 Å². The van der Waals surface area contributed by atoms with Gasteiger partial charge in [0.05, 0.1) is 4.91 Å². The molecule has 0 saturated carbocycles. The summed E-state index contributed by atoms with van der Waals surface area (Å²) in [7, 11) is 3.77. The van der Waals surface area contributed by atoms with Crippen LogP contribution in [-0.2, 0) is 4.79 Å². The maximum Gasteiger partial charge on any atom is 0.293 e. The molecule has 1 aliphatic heterocycles. The van der Waals surface area contributed by atoms with E-state index in [9.17, 15) is 18.8 Å². The summed E-state index contributed by atoms with van der Waals surface area (Å²) >= 11 is 0.828. The van der Waals surface area contributed by atoms with Crippen LogP contribution in [0.5, 0.6) is 0 Å². The first kappa shape index (κ1) is 20.6. The van der Waals surface area contributed by atoms with Gasteiger partial charge in [-0.2, -0.15) is 0 Å². The third-order valence-electron chi connectivity index (χ3n) is 4.29. The normalized spacial score (nSPS) is 15.1. The monoisotopic (exact) mass is 413 g/mol. The van der Waals surface area contributed by atoms with Crippen LogP contribution >= 0.6 is 11.8 Å². The van der Waals surface area contributed by atoms with Gasteiger partial charge in [-0.3, -0.25) is 19.3 Å². The van der Waals surface area contributed by atoms with E-state index in [1.807, 2.05) is 25.1 Å². The number of carbonyl (C=O) groups excluding carboxylic acids is 3. The largest absolute Gasteiger partial charge is 0.378 e. The number of hydrogen-bond acceptors (Lipinski definition) is 5. The molecule has 8 heteroatoms. The standard InChI is InChI=1S/C21H20FN3O3S/c1-24(2)17-5-3-4-15(13-17)19(26)23-10-11-25-20(27)18(29-21(25)28)12-14-6-8-16(22)9-7-14/h3-9,12-13H,10-11H2,1-2H3,(H,23,26)/b18-12+. The molecule has 0 unspecified atom stereocenters. The number of rotatable bonds is 6. The molecule has 0 aromatic heterocycles. The molecule has 29 heavy (non-hydrogen) atoms. The van der Waals surface area contributed by atoms with E-state index >= 15 is 0 Å². The predicted octanol–water partition coefficient (Wildman–Crippen LogP) is 3.36. The summed E-state index contributed by atoms with van der Waals surface area (Å²) in [5.74, 6) is -1.07. The van der Waals surface area contributed by atoms with E-state index in [1.165, 1.54) is 24.3 Å². The molecule has 1 heterocycles. The Morgan fingerprint density at radius 2 is 1.90 bits per heavy atom. The maximum absolute atomic E-state index is 13.0. The van der Waals surface area contributed by atoms with Crippen molar-refractivity contribution in [2.45, 2.75) is 0 Å². The minimum absolute atomic E-state index is 0.0739. The Labute approximate surface area is 172 Å². The van der Waals surface area contributed by atoms with Crippen molar-refractivity contribution in [3.05, 3.63) is 70.4 Å². The van der Waals surface area contributed by atoms with Crippen LogP contribution in [0, 0.1) is 5.82 Å². The summed E-state index contributed by atoms with van der Waals surface area (Å²) in [6.07, 6.45) is 1.55. The molecule has 1 saturated heterocycles. The highest BCUT2D eigenvalue weighted by atomic mass is 32.2. The fraction of sp³-hybridized carbons (Fsp3) is 0.190. The molecule has 1 aliphatic rings. The minimum Gasteiger partial charge on any atom is -0.378 e. The highest BCUT2D eigenvalue weighted by Crippen LogP contribution is 2.31. The lowest BCUT2D eigenvalue weighted by Crippen LogP contribution is -2.37. The van der Waals surface area contributed by atoms with Gasteiger partial charge in [0.15, 0.2) is 0 Å². The lowest BCUT2D eigenvalue weighted by atomic mass is 10.2. The molecule has 6 nitrogen and oxygen atoms in total. The van der Waals surface area contributed by atoms with E-state index in [0.717, 1.165) is 22.3 Å². The van der Waals surface area contributed by atoms with Gasteiger partial charge in [-0.25, -0.2) is 4.39 Å². The first-order chi connectivity index (χ1) is 13.8. The summed E-state index contributed by atoms with van der Waals surface area (Å²) in [5.41, 5.74) is 2.03. The van der Waals surface area contributed by atoms with E-state index in [2.05, 4.69) is 5.32 Å². The molecule has 0 atom stereocenters. The quantitative estimate of drug-likeness (QED) is 0.736. The van der Waals surface area contributed by atoms with Crippen molar-refractivity contribution >= 4 is 40.6 Å². The molecule has 0 spiro atoms. The van der Waals surface area contributed by atoms with Crippen LogP contribution in [0.15, 0.2) is 53.4 Å². The second-order valence-electron chi connectivity index (χ2n) is 6.59. The Hall–Kier alpha value is -3.13. The molecule has 150 valence electrons. The minimum atomic E-state index is -0.423. The van der Waals surface area contributed by atoms with Gasteiger partial charge in [-0.05, 0) is 53.7 Å². The van der Waals surface area contributed by atoms with E-state index in [-0.39, 0.29) is 29.7 Å². The third kappa shape index (κ3) is 5.03. The summed E-state index contributed by atoms with van der Waals surface area (Å²) in [6, 6.07) is 12.8. The highest BCUT2D eigenvalue weighted by molar-refractivity contribution is 8.18. The zero-order chi connectivity index (χ0) is 21.0. The number of anilines is 1. The van der Waals surface area contributed by atoms with Crippen LogP contribution in [0.4, 0.5) is 14.9 Å². The summed E-state index contributed by atoms with van der Waals surface area (Å²) in [6.45, 7) is 0.220. The Balaban J connectivity index is 1.59. The van der Waals surface area contributed by atoms with Crippen LogP contribution < -0.4 is 10.2 Å². The van der Waals surface area contributed by atoms with Crippen molar-refractivity contribution in [1.82, 2.24) is 10.2 Å². The molecular formula is C21H20FN3O3S. The molecule has 1 N–H and O–H groups in total. The summed E-state index contributed by atoms with van der Waals surface area (Å²) in [5, 5.41) is 2.33. The van der Waals surface area contributed by atoms with Gasteiger partial charge in [0.2, 0.25) is 0 Å². The Bertz CT molecular complexity index is 973. The predicted molar refractivity (Wildman–Crippen MR) is 112 cm³/mol.